The van der Waals surface area contributed by atoms with E-state index in [2.05, 4.69) is 20.5 Å². The minimum Gasteiger partial charge on any atom is -0.492 e. The van der Waals surface area contributed by atoms with Gasteiger partial charge in [0.25, 0.3) is 0 Å². The number of hydrogen-bond acceptors (Lipinski definition) is 5. The van der Waals surface area contributed by atoms with Crippen molar-refractivity contribution in [3.8, 4) is 5.75 Å². The molecule has 1 saturated heterocycles. The van der Waals surface area contributed by atoms with Crippen LogP contribution in [0.3, 0.4) is 0 Å². The molecule has 0 saturated carbocycles. The number of halogens is 2. The van der Waals surface area contributed by atoms with Crippen molar-refractivity contribution in [2.75, 3.05) is 39.3 Å². The summed E-state index contributed by atoms with van der Waals surface area (Å²) in [6.07, 6.45) is 3.71. The third-order valence-corrected chi connectivity index (χ3v) is 4.58. The van der Waals surface area contributed by atoms with Crippen LogP contribution in [0.2, 0.25) is 5.02 Å². The molecule has 9 heteroatoms. The van der Waals surface area contributed by atoms with E-state index < -0.39 is 0 Å². The van der Waals surface area contributed by atoms with Gasteiger partial charge < -0.3 is 19.9 Å². The summed E-state index contributed by atoms with van der Waals surface area (Å²) in [7, 11) is 1.97. The maximum absolute atomic E-state index is 12.3. The van der Waals surface area contributed by atoms with Gasteiger partial charge in [0.15, 0.2) is 0 Å². The van der Waals surface area contributed by atoms with Gasteiger partial charge in [-0.3, -0.25) is 9.69 Å². The number of nitrogens with zero attached hydrogens (tertiary/aromatic N) is 3. The first-order chi connectivity index (χ1) is 12.6. The third-order valence-electron chi connectivity index (χ3n) is 4.35. The lowest BCUT2D eigenvalue weighted by molar-refractivity contribution is -0.123. The highest BCUT2D eigenvalue weighted by Gasteiger charge is 2.27. The highest BCUT2D eigenvalue weighted by molar-refractivity contribution is 6.30. The van der Waals surface area contributed by atoms with Gasteiger partial charge in [0.1, 0.15) is 18.2 Å². The number of aromatic nitrogens is 2. The van der Waals surface area contributed by atoms with E-state index >= 15 is 0 Å². The van der Waals surface area contributed by atoms with Gasteiger partial charge in [-0.2, -0.15) is 0 Å². The van der Waals surface area contributed by atoms with Crippen LogP contribution in [0.15, 0.2) is 36.7 Å². The highest BCUT2D eigenvalue weighted by atomic mass is 35.5. The first-order valence-corrected chi connectivity index (χ1v) is 9.08. The molecule has 1 aromatic carbocycles. The average Bonchev–Trinajstić information content (AvgIpc) is 3.05. The van der Waals surface area contributed by atoms with Crippen molar-refractivity contribution in [2.24, 2.45) is 7.05 Å². The zero-order valence-corrected chi connectivity index (χ0v) is 16.8. The van der Waals surface area contributed by atoms with E-state index in [1.807, 2.05) is 29.9 Å². The fourth-order valence-corrected chi connectivity index (χ4v) is 3.23. The molecule has 0 bridgehead atoms. The second kappa shape index (κ2) is 10.5. The SMILES string of the molecule is Cl.Cn1ccnc1C1CNCCN1CC(=O)NCCOc1cccc(Cl)c1. The quantitative estimate of drug-likeness (QED) is 0.675. The Morgan fingerprint density at radius 2 is 2.33 bits per heavy atom. The molecule has 1 unspecified atom stereocenters. The Hall–Kier alpha value is -1.80. The minimum atomic E-state index is -0.0131. The number of carbonyl (C=O) groups excluding carboxylic acids is 1. The number of ether oxygens (including phenoxy) is 1. The Morgan fingerprint density at radius 1 is 1.48 bits per heavy atom. The van der Waals surface area contributed by atoms with Gasteiger partial charge in [-0.15, -0.1) is 12.4 Å². The molecule has 1 aliphatic rings. The largest absolute Gasteiger partial charge is 0.492 e. The van der Waals surface area contributed by atoms with Gasteiger partial charge in [0.2, 0.25) is 5.91 Å². The minimum absolute atomic E-state index is 0. The van der Waals surface area contributed by atoms with Crippen molar-refractivity contribution in [1.82, 2.24) is 25.1 Å². The Labute approximate surface area is 170 Å². The number of amides is 1. The van der Waals surface area contributed by atoms with E-state index in [4.69, 9.17) is 16.3 Å². The maximum Gasteiger partial charge on any atom is 0.234 e. The molecule has 0 aliphatic carbocycles. The number of imidazole rings is 1. The van der Waals surface area contributed by atoms with Crippen LogP contribution in [-0.2, 0) is 11.8 Å². The van der Waals surface area contributed by atoms with Gasteiger partial charge in [-0.05, 0) is 18.2 Å². The summed E-state index contributed by atoms with van der Waals surface area (Å²) < 4.78 is 7.59. The van der Waals surface area contributed by atoms with Gasteiger partial charge in [0.05, 0.1) is 19.1 Å². The number of nitrogens with one attached hydrogen (secondary N) is 2. The highest BCUT2D eigenvalue weighted by Crippen LogP contribution is 2.20. The summed E-state index contributed by atoms with van der Waals surface area (Å²) in [6.45, 7) is 3.66. The summed E-state index contributed by atoms with van der Waals surface area (Å²) in [5, 5.41) is 6.91. The van der Waals surface area contributed by atoms with E-state index in [9.17, 15) is 4.79 Å². The lowest BCUT2D eigenvalue weighted by atomic mass is 10.1. The molecule has 27 heavy (non-hydrogen) atoms. The van der Waals surface area contributed by atoms with Crippen molar-refractivity contribution < 1.29 is 9.53 Å². The molecule has 2 heterocycles. The lowest BCUT2D eigenvalue weighted by Gasteiger charge is -2.35. The Kier molecular flexibility index (Phi) is 8.37. The van der Waals surface area contributed by atoms with E-state index in [1.165, 1.54) is 0 Å². The van der Waals surface area contributed by atoms with Crippen LogP contribution in [0.1, 0.15) is 11.9 Å². The predicted molar refractivity (Wildman–Crippen MR) is 108 cm³/mol. The molecule has 1 aromatic heterocycles. The van der Waals surface area contributed by atoms with E-state index in [0.717, 1.165) is 25.5 Å². The first kappa shape index (κ1) is 21.5. The third kappa shape index (κ3) is 6.10. The van der Waals surface area contributed by atoms with Crippen molar-refractivity contribution in [2.45, 2.75) is 6.04 Å². The van der Waals surface area contributed by atoms with E-state index in [0.29, 0.717) is 30.5 Å². The smallest absolute Gasteiger partial charge is 0.234 e. The van der Waals surface area contributed by atoms with Gasteiger partial charge in [-0.25, -0.2) is 4.98 Å². The summed E-state index contributed by atoms with van der Waals surface area (Å²) in [4.78, 5) is 18.9. The molecular formula is C18H25Cl2N5O2. The molecule has 148 valence electrons. The summed E-state index contributed by atoms with van der Waals surface area (Å²) in [5.74, 6) is 1.65. The number of aryl methyl sites for hydroxylation is 1. The van der Waals surface area contributed by atoms with E-state index in [1.54, 1.807) is 18.3 Å². The van der Waals surface area contributed by atoms with Crippen LogP contribution in [-0.4, -0.2) is 59.7 Å². The van der Waals surface area contributed by atoms with Gasteiger partial charge in [0, 0.05) is 44.1 Å². The number of benzene rings is 1. The zero-order chi connectivity index (χ0) is 18.4. The fourth-order valence-electron chi connectivity index (χ4n) is 3.04. The Bertz CT molecular complexity index is 740. The lowest BCUT2D eigenvalue weighted by Crippen LogP contribution is -2.50. The van der Waals surface area contributed by atoms with Crippen LogP contribution >= 0.6 is 24.0 Å². The van der Waals surface area contributed by atoms with Crippen molar-refractivity contribution in [3.63, 3.8) is 0 Å². The number of carbonyl (C=O) groups is 1. The molecule has 1 fully saturated rings. The standard InChI is InChI=1S/C18H24ClN5O2.ClH/c1-23-8-6-22-18(23)16-12-20-5-9-24(16)13-17(25)21-7-10-26-15-4-2-3-14(19)11-15;/h2-4,6,8,11,16,20H,5,7,9-10,12-13H2,1H3,(H,21,25);1H. The summed E-state index contributed by atoms with van der Waals surface area (Å²) in [6, 6.07) is 7.31. The molecule has 2 aromatic rings. The van der Waals surface area contributed by atoms with Crippen LogP contribution in [0.25, 0.3) is 0 Å². The molecular weight excluding hydrogens is 389 g/mol. The molecule has 1 atom stereocenters. The molecule has 0 radical (unpaired) electrons. The van der Waals surface area contributed by atoms with Crippen LogP contribution in [0.5, 0.6) is 5.75 Å². The van der Waals surface area contributed by atoms with E-state index in [-0.39, 0.29) is 24.4 Å². The van der Waals surface area contributed by atoms with Crippen LogP contribution in [0.4, 0.5) is 0 Å². The number of hydrogen-bond donors (Lipinski definition) is 2. The molecule has 1 aliphatic heterocycles. The summed E-state index contributed by atoms with van der Waals surface area (Å²) >= 11 is 5.92. The fraction of sp³-hybridized carbons (Fsp3) is 0.444. The second-order valence-corrected chi connectivity index (χ2v) is 6.68. The summed E-state index contributed by atoms with van der Waals surface area (Å²) in [5.41, 5.74) is 0. The Balaban J connectivity index is 0.00000261. The molecule has 2 N–H and O–H groups in total. The normalized spacial score (nSPS) is 17.2. The van der Waals surface area contributed by atoms with Crippen molar-refractivity contribution in [1.29, 1.82) is 0 Å². The topological polar surface area (TPSA) is 71.4 Å². The van der Waals surface area contributed by atoms with Crippen LogP contribution in [0, 0.1) is 0 Å². The van der Waals surface area contributed by atoms with Crippen molar-refractivity contribution in [3.05, 3.63) is 47.5 Å². The molecule has 3 rings (SSSR count). The molecule has 7 nitrogen and oxygen atoms in total. The number of rotatable bonds is 7. The van der Waals surface area contributed by atoms with Crippen molar-refractivity contribution >= 4 is 29.9 Å². The number of piperazine rings is 1. The predicted octanol–water partition coefficient (Wildman–Crippen LogP) is 1.64. The van der Waals surface area contributed by atoms with Gasteiger partial charge >= 0.3 is 0 Å². The maximum atomic E-state index is 12.3. The average molecular weight is 414 g/mol. The first-order valence-electron chi connectivity index (χ1n) is 8.70. The zero-order valence-electron chi connectivity index (χ0n) is 15.2. The van der Waals surface area contributed by atoms with Gasteiger partial charge in [-0.1, -0.05) is 17.7 Å². The molecule has 0 spiro atoms. The molecule has 1 amide bonds. The Morgan fingerprint density at radius 3 is 3.07 bits per heavy atom. The second-order valence-electron chi connectivity index (χ2n) is 6.24. The van der Waals surface area contributed by atoms with Crippen LogP contribution < -0.4 is 15.4 Å². The monoisotopic (exact) mass is 413 g/mol.